The molecule has 24 heavy (non-hydrogen) atoms. The summed E-state index contributed by atoms with van der Waals surface area (Å²) in [5.74, 6) is 2.02. The van der Waals surface area contributed by atoms with Crippen LogP contribution in [0.4, 0.5) is 0 Å². The second kappa shape index (κ2) is 4.53. The largest absolute Gasteiger partial charge is 0.390 e. The van der Waals surface area contributed by atoms with Gasteiger partial charge in [0.1, 0.15) is 6.04 Å². The molecule has 1 aliphatic heterocycles. The Labute approximate surface area is 143 Å². The predicted octanol–water partition coefficient (Wildman–Crippen LogP) is 1.40. The molecule has 4 bridgehead atoms. The number of hydrogen-bond acceptors (Lipinski definition) is 4. The Bertz CT molecular complexity index is 627. The molecule has 0 spiro atoms. The van der Waals surface area contributed by atoms with Gasteiger partial charge in [0.05, 0.1) is 17.7 Å². The Morgan fingerprint density at radius 1 is 1.29 bits per heavy atom. The van der Waals surface area contributed by atoms with E-state index in [1.54, 1.807) is 0 Å². The van der Waals surface area contributed by atoms with Gasteiger partial charge in [-0.25, -0.2) is 0 Å². The van der Waals surface area contributed by atoms with Crippen LogP contribution >= 0.6 is 0 Å². The first-order valence-corrected chi connectivity index (χ1v) is 9.56. The van der Waals surface area contributed by atoms with Crippen molar-refractivity contribution in [3.8, 4) is 6.07 Å². The number of rotatable bonds is 2. The van der Waals surface area contributed by atoms with Gasteiger partial charge in [0.2, 0.25) is 5.91 Å². The van der Waals surface area contributed by atoms with Crippen LogP contribution in [0.1, 0.15) is 51.9 Å². The molecule has 6 rings (SSSR count). The topological polar surface area (TPSA) is 90.4 Å². The standard InChI is InChI=1S/C19H27N3O2/c1-10-14-3-13(8-20)22(15(10)14)17(23)16(21)18-4-11-2-12(5-18)7-19(24,6-11)9-18/h10-16,24H,2-7,9,21H2,1H3/t10-,11?,12?,13?,14+,15-,16?,18?,19?/m0/s1. The van der Waals surface area contributed by atoms with Gasteiger partial charge in [0, 0.05) is 6.04 Å². The maximum atomic E-state index is 13.3. The van der Waals surface area contributed by atoms with Crippen molar-refractivity contribution in [3.63, 3.8) is 0 Å². The van der Waals surface area contributed by atoms with Crippen molar-refractivity contribution in [3.05, 3.63) is 0 Å². The fourth-order valence-electron chi connectivity index (χ4n) is 7.40. The lowest BCUT2D eigenvalue weighted by Crippen LogP contribution is -2.65. The lowest BCUT2D eigenvalue weighted by Gasteiger charge is -2.61. The number of likely N-dealkylation sites (tertiary alicyclic amines) is 1. The number of carbonyl (C=O) groups is 1. The van der Waals surface area contributed by atoms with Crippen LogP contribution in [-0.2, 0) is 4.79 Å². The number of amides is 1. The summed E-state index contributed by atoms with van der Waals surface area (Å²) >= 11 is 0. The zero-order valence-corrected chi connectivity index (χ0v) is 14.3. The second-order valence-corrected chi connectivity index (χ2v) is 9.67. The van der Waals surface area contributed by atoms with E-state index >= 15 is 0 Å². The molecule has 0 aromatic heterocycles. The number of aliphatic hydroxyl groups is 1. The summed E-state index contributed by atoms with van der Waals surface area (Å²) in [6, 6.07) is 1.68. The zero-order valence-electron chi connectivity index (χ0n) is 14.3. The molecular weight excluding hydrogens is 302 g/mol. The van der Waals surface area contributed by atoms with Gasteiger partial charge >= 0.3 is 0 Å². The second-order valence-electron chi connectivity index (χ2n) is 9.67. The molecular formula is C19H27N3O2. The highest BCUT2D eigenvalue weighted by atomic mass is 16.3. The van der Waals surface area contributed by atoms with E-state index in [-0.39, 0.29) is 23.4 Å². The fraction of sp³-hybridized carbons (Fsp3) is 0.895. The number of nitrogens with two attached hydrogens (primary N) is 1. The molecule has 4 unspecified atom stereocenters. The Kier molecular flexibility index (Phi) is 2.86. The van der Waals surface area contributed by atoms with Gasteiger partial charge in [-0.3, -0.25) is 4.79 Å². The summed E-state index contributed by atoms with van der Waals surface area (Å²) in [6.07, 6.45) is 6.41. The third kappa shape index (κ3) is 1.84. The van der Waals surface area contributed by atoms with Crippen LogP contribution in [0.3, 0.4) is 0 Å². The summed E-state index contributed by atoms with van der Waals surface area (Å²) in [5, 5.41) is 20.4. The normalized spacial score (nSPS) is 55.2. The fourth-order valence-corrected chi connectivity index (χ4v) is 7.40. The van der Waals surface area contributed by atoms with Gasteiger partial charge in [0.15, 0.2) is 0 Å². The number of carbonyl (C=O) groups excluding carboxylic acids is 1. The average Bonchev–Trinajstić information content (AvgIpc) is 2.96. The van der Waals surface area contributed by atoms with E-state index in [0.717, 1.165) is 32.1 Å². The molecule has 5 nitrogen and oxygen atoms in total. The van der Waals surface area contributed by atoms with Crippen molar-refractivity contribution in [2.24, 2.45) is 34.8 Å². The molecule has 0 aromatic carbocycles. The number of nitriles is 1. The van der Waals surface area contributed by atoms with Crippen LogP contribution in [0.2, 0.25) is 0 Å². The van der Waals surface area contributed by atoms with Gasteiger partial charge in [0.25, 0.3) is 0 Å². The molecule has 5 heteroatoms. The molecule has 130 valence electrons. The molecule has 3 N–H and O–H groups in total. The SMILES string of the molecule is C[C@H]1[C@H]2CC(C#N)N(C(=O)C(N)C34CC5CC(CC(O)(C5)C3)C4)[C@@H]12. The number of fused-ring (bicyclic) bond motifs is 1. The van der Waals surface area contributed by atoms with Gasteiger partial charge in [-0.1, -0.05) is 6.92 Å². The van der Waals surface area contributed by atoms with Crippen LogP contribution in [-0.4, -0.2) is 39.6 Å². The van der Waals surface area contributed by atoms with Crippen molar-refractivity contribution in [1.82, 2.24) is 4.90 Å². The Balaban J connectivity index is 1.43. The first kappa shape index (κ1) is 15.2. The monoisotopic (exact) mass is 329 g/mol. The van der Waals surface area contributed by atoms with E-state index in [2.05, 4.69) is 13.0 Å². The van der Waals surface area contributed by atoms with Crippen LogP contribution in [0.5, 0.6) is 0 Å². The first-order valence-electron chi connectivity index (χ1n) is 9.56. The lowest BCUT2D eigenvalue weighted by atomic mass is 9.46. The van der Waals surface area contributed by atoms with Crippen LogP contribution in [0.25, 0.3) is 0 Å². The quantitative estimate of drug-likeness (QED) is 0.801. The summed E-state index contributed by atoms with van der Waals surface area (Å²) in [4.78, 5) is 15.1. The molecule has 1 heterocycles. The maximum Gasteiger partial charge on any atom is 0.241 e. The number of hydrogen-bond donors (Lipinski definition) is 2. The third-order valence-corrected chi connectivity index (χ3v) is 8.07. The van der Waals surface area contributed by atoms with Gasteiger partial charge in [-0.05, 0) is 74.0 Å². The third-order valence-electron chi connectivity index (χ3n) is 8.07. The van der Waals surface area contributed by atoms with E-state index in [9.17, 15) is 15.2 Å². The molecule has 6 aliphatic rings. The van der Waals surface area contributed by atoms with Crippen molar-refractivity contribution in [2.75, 3.05) is 0 Å². The maximum absolute atomic E-state index is 13.3. The minimum Gasteiger partial charge on any atom is -0.390 e. The summed E-state index contributed by atoms with van der Waals surface area (Å²) < 4.78 is 0. The lowest BCUT2D eigenvalue weighted by molar-refractivity contribution is -0.177. The van der Waals surface area contributed by atoms with E-state index in [1.807, 2.05) is 4.90 Å². The van der Waals surface area contributed by atoms with Gasteiger partial charge in [-0.15, -0.1) is 0 Å². The summed E-state index contributed by atoms with van der Waals surface area (Å²) in [5.41, 5.74) is 5.74. The highest BCUT2D eigenvalue weighted by Gasteiger charge is 2.64. The van der Waals surface area contributed by atoms with Crippen molar-refractivity contribution >= 4 is 5.91 Å². The highest BCUT2D eigenvalue weighted by molar-refractivity contribution is 5.84. The Morgan fingerprint density at radius 2 is 1.96 bits per heavy atom. The number of nitrogens with zero attached hydrogens (tertiary/aromatic N) is 2. The molecule has 5 aliphatic carbocycles. The van der Waals surface area contributed by atoms with Crippen LogP contribution in [0, 0.1) is 40.4 Å². The van der Waals surface area contributed by atoms with Crippen molar-refractivity contribution in [1.29, 1.82) is 5.26 Å². The minimum atomic E-state index is -0.600. The molecule has 1 amide bonds. The Morgan fingerprint density at radius 3 is 2.54 bits per heavy atom. The molecule has 5 saturated carbocycles. The molecule has 1 saturated heterocycles. The first-order chi connectivity index (χ1) is 11.4. The summed E-state index contributed by atoms with van der Waals surface area (Å²) in [6.45, 7) is 2.17. The molecule has 0 aromatic rings. The van der Waals surface area contributed by atoms with E-state index in [1.165, 1.54) is 6.42 Å². The predicted molar refractivity (Wildman–Crippen MR) is 87.3 cm³/mol. The van der Waals surface area contributed by atoms with Crippen LogP contribution < -0.4 is 5.73 Å². The molecule has 6 fully saturated rings. The minimum absolute atomic E-state index is 0.0241. The van der Waals surface area contributed by atoms with E-state index < -0.39 is 11.6 Å². The van der Waals surface area contributed by atoms with Crippen molar-refractivity contribution in [2.45, 2.75) is 75.6 Å². The van der Waals surface area contributed by atoms with E-state index in [4.69, 9.17) is 5.73 Å². The highest BCUT2D eigenvalue weighted by Crippen LogP contribution is 2.63. The van der Waals surface area contributed by atoms with E-state index in [0.29, 0.717) is 30.1 Å². The van der Waals surface area contributed by atoms with Gasteiger partial charge < -0.3 is 15.7 Å². The van der Waals surface area contributed by atoms with Crippen LogP contribution in [0.15, 0.2) is 0 Å². The molecule has 7 atom stereocenters. The molecule has 0 radical (unpaired) electrons. The number of piperidine rings is 1. The van der Waals surface area contributed by atoms with Crippen molar-refractivity contribution < 1.29 is 9.90 Å². The Hall–Kier alpha value is -1.12. The average molecular weight is 329 g/mol. The van der Waals surface area contributed by atoms with Gasteiger partial charge in [-0.2, -0.15) is 5.26 Å². The zero-order chi connectivity index (χ0) is 16.9. The summed E-state index contributed by atoms with van der Waals surface area (Å²) in [7, 11) is 0. The smallest absolute Gasteiger partial charge is 0.241 e.